The highest BCUT2D eigenvalue weighted by Gasteiger charge is 2.41. The third-order valence-corrected chi connectivity index (χ3v) is 10.4. The van der Waals surface area contributed by atoms with E-state index in [-0.39, 0.29) is 29.8 Å². The summed E-state index contributed by atoms with van der Waals surface area (Å²) in [5, 5.41) is 14.4. The molecule has 2 aliphatic rings. The molecule has 14 nitrogen and oxygen atoms in total. The molecule has 4 atom stereocenters. The van der Waals surface area contributed by atoms with Crippen molar-refractivity contribution in [2.45, 2.75) is 84.5 Å². The molecule has 2 aromatic heterocycles. The van der Waals surface area contributed by atoms with Crippen molar-refractivity contribution < 1.29 is 29.0 Å². The molecular formula is C40H50N8O6. The average molecular weight is 739 g/mol. The van der Waals surface area contributed by atoms with Gasteiger partial charge >= 0.3 is 12.2 Å². The lowest BCUT2D eigenvalue weighted by atomic mass is 9.85. The molecule has 0 radical (unpaired) electrons. The van der Waals surface area contributed by atoms with Crippen LogP contribution in [0.2, 0.25) is 0 Å². The summed E-state index contributed by atoms with van der Waals surface area (Å²) in [7, 11) is 1.29. The van der Waals surface area contributed by atoms with Crippen molar-refractivity contribution in [3.63, 3.8) is 0 Å². The van der Waals surface area contributed by atoms with Crippen molar-refractivity contribution in [1.29, 1.82) is 0 Å². The highest BCUT2D eigenvalue weighted by atomic mass is 16.5. The number of likely N-dealkylation sites (tertiary alicyclic amines) is 2. The van der Waals surface area contributed by atoms with Crippen molar-refractivity contribution in [2.75, 3.05) is 20.2 Å². The standard InChI is InChI=1S/C40H50N8O6/c1-23(2)32(45-38(51)52)36(49)47-19-7-9-30(47)34-41-21-28(43-34)26-15-11-24(12-16-26)25-13-17-27(18-14-25)29-22-42-35(44-29)31-10-8-20-48(31)37(50)33(40(3,4)5)46-39(53)54-6/h11-18,21-23,30-33,45H,7-10,19-20H2,1-6H3,(H,41,43)(H,42,44)(H,46,53)(H,51,52)/t30-,31?,32-,33+/m0/s1. The molecule has 2 fully saturated rings. The summed E-state index contributed by atoms with van der Waals surface area (Å²) in [6, 6.07) is 14.4. The van der Waals surface area contributed by atoms with Crippen molar-refractivity contribution >= 4 is 24.0 Å². The van der Waals surface area contributed by atoms with Crippen molar-refractivity contribution in [3.8, 4) is 33.6 Å². The Morgan fingerprint density at radius 2 is 1.20 bits per heavy atom. The van der Waals surface area contributed by atoms with Gasteiger partial charge < -0.3 is 40.2 Å². The summed E-state index contributed by atoms with van der Waals surface area (Å²) >= 11 is 0. The number of carboxylic acid groups (broad SMARTS) is 1. The first-order valence-electron chi connectivity index (χ1n) is 18.5. The molecule has 0 bridgehead atoms. The number of nitrogens with zero attached hydrogens (tertiary/aromatic N) is 4. The number of rotatable bonds is 10. The number of aromatic nitrogens is 4. The lowest BCUT2D eigenvalue weighted by Crippen LogP contribution is -2.54. The summed E-state index contributed by atoms with van der Waals surface area (Å²) in [4.78, 5) is 70.2. The average Bonchev–Trinajstić information content (AvgIpc) is 3.98. The van der Waals surface area contributed by atoms with Gasteiger partial charge in [0.25, 0.3) is 0 Å². The van der Waals surface area contributed by atoms with Gasteiger partial charge in [0.2, 0.25) is 11.8 Å². The topological polar surface area (TPSA) is 186 Å². The highest BCUT2D eigenvalue weighted by molar-refractivity contribution is 5.87. The molecule has 0 spiro atoms. The zero-order valence-corrected chi connectivity index (χ0v) is 31.7. The van der Waals surface area contributed by atoms with Crippen LogP contribution in [-0.2, 0) is 14.3 Å². The first-order chi connectivity index (χ1) is 25.7. The van der Waals surface area contributed by atoms with E-state index in [4.69, 9.17) is 4.74 Å². The molecule has 0 aliphatic carbocycles. The zero-order valence-electron chi connectivity index (χ0n) is 31.7. The largest absolute Gasteiger partial charge is 0.465 e. The first-order valence-corrected chi connectivity index (χ1v) is 18.5. The van der Waals surface area contributed by atoms with E-state index in [9.17, 15) is 24.3 Å². The minimum Gasteiger partial charge on any atom is -0.465 e. The lowest BCUT2D eigenvalue weighted by molar-refractivity contribution is -0.137. The number of hydrogen-bond acceptors (Lipinski definition) is 7. The number of alkyl carbamates (subject to hydrolysis) is 1. The molecule has 4 heterocycles. The quantitative estimate of drug-likeness (QED) is 0.122. The van der Waals surface area contributed by atoms with Crippen LogP contribution in [0.5, 0.6) is 0 Å². The summed E-state index contributed by atoms with van der Waals surface area (Å²) in [6.45, 7) is 10.5. The van der Waals surface area contributed by atoms with Gasteiger partial charge in [0, 0.05) is 13.1 Å². The van der Waals surface area contributed by atoms with Crippen LogP contribution in [0.25, 0.3) is 33.6 Å². The van der Waals surface area contributed by atoms with Crippen LogP contribution in [0.3, 0.4) is 0 Å². The Morgan fingerprint density at radius 3 is 1.61 bits per heavy atom. The van der Waals surface area contributed by atoms with Gasteiger partial charge in [-0.05, 0) is 59.3 Å². The van der Waals surface area contributed by atoms with E-state index >= 15 is 0 Å². The van der Waals surface area contributed by atoms with Gasteiger partial charge in [-0.2, -0.15) is 0 Å². The van der Waals surface area contributed by atoms with Crippen molar-refractivity contribution in [2.24, 2.45) is 11.3 Å². The van der Waals surface area contributed by atoms with Gasteiger partial charge in [-0.25, -0.2) is 19.6 Å². The van der Waals surface area contributed by atoms with Gasteiger partial charge in [0.05, 0.1) is 43.0 Å². The second kappa shape index (κ2) is 15.7. The van der Waals surface area contributed by atoms with Gasteiger partial charge in [-0.1, -0.05) is 83.1 Å². The van der Waals surface area contributed by atoms with E-state index in [1.54, 1.807) is 22.2 Å². The molecule has 4 aromatic rings. The molecule has 2 saturated heterocycles. The Bertz CT molecular complexity index is 1960. The minimum absolute atomic E-state index is 0.156. The SMILES string of the molecule is COC(=O)N[C@H](C(=O)N1CCCC1c1ncc(-c2ccc(-c3ccc(-c4cnc([C@@H]5CCCN5C(=O)[C@@H](NC(=O)O)C(C)C)[nH]4)cc3)cc2)[nH]1)C(C)(C)C. The number of ether oxygens (including phenoxy) is 1. The Kier molecular flexibility index (Phi) is 11.1. The van der Waals surface area contributed by atoms with Crippen LogP contribution in [0.1, 0.15) is 84.0 Å². The van der Waals surface area contributed by atoms with Crippen LogP contribution >= 0.6 is 0 Å². The molecule has 286 valence electrons. The van der Waals surface area contributed by atoms with Gasteiger partial charge in [-0.15, -0.1) is 0 Å². The van der Waals surface area contributed by atoms with E-state index in [2.05, 4.69) is 54.8 Å². The number of H-pyrrole nitrogens is 2. The Labute approximate surface area is 315 Å². The Morgan fingerprint density at radius 1 is 0.759 bits per heavy atom. The van der Waals surface area contributed by atoms with Crippen LogP contribution in [0.4, 0.5) is 9.59 Å². The molecule has 14 heteroatoms. The third-order valence-electron chi connectivity index (χ3n) is 10.4. The number of aromatic amines is 2. The Hall–Kier alpha value is -5.66. The minimum atomic E-state index is -1.21. The summed E-state index contributed by atoms with van der Waals surface area (Å²) in [6.07, 6.45) is 4.89. The monoisotopic (exact) mass is 738 g/mol. The number of carbonyl (C=O) groups is 4. The lowest BCUT2D eigenvalue weighted by Gasteiger charge is -2.35. The van der Waals surface area contributed by atoms with E-state index in [1.165, 1.54) is 7.11 Å². The molecule has 5 N–H and O–H groups in total. The van der Waals surface area contributed by atoms with E-state index < -0.39 is 29.7 Å². The van der Waals surface area contributed by atoms with Crippen LogP contribution in [-0.4, -0.2) is 91.1 Å². The highest BCUT2D eigenvalue weighted by Crippen LogP contribution is 2.36. The molecule has 2 aliphatic heterocycles. The zero-order chi connectivity index (χ0) is 38.7. The molecule has 4 amide bonds. The van der Waals surface area contributed by atoms with Gasteiger partial charge in [-0.3, -0.25) is 9.59 Å². The number of benzene rings is 2. The molecule has 0 saturated carbocycles. The summed E-state index contributed by atoms with van der Waals surface area (Å²) in [5.74, 6) is 0.826. The molecule has 54 heavy (non-hydrogen) atoms. The fraction of sp³-hybridized carbons (Fsp3) is 0.450. The second-order valence-corrected chi connectivity index (χ2v) is 15.5. The van der Waals surface area contributed by atoms with Crippen LogP contribution in [0, 0.1) is 11.3 Å². The predicted molar refractivity (Wildman–Crippen MR) is 203 cm³/mol. The maximum Gasteiger partial charge on any atom is 0.407 e. The normalized spacial score (nSPS) is 18.4. The smallest absolute Gasteiger partial charge is 0.407 e. The number of amides is 4. The Balaban J connectivity index is 1.11. The third kappa shape index (κ3) is 8.12. The van der Waals surface area contributed by atoms with Gasteiger partial charge in [0.15, 0.2) is 0 Å². The van der Waals surface area contributed by atoms with Crippen LogP contribution < -0.4 is 10.6 Å². The van der Waals surface area contributed by atoms with Gasteiger partial charge in [0.1, 0.15) is 23.7 Å². The number of methoxy groups -OCH3 is 1. The van der Waals surface area contributed by atoms with Crippen molar-refractivity contribution in [3.05, 3.63) is 72.6 Å². The first kappa shape index (κ1) is 38.1. The van der Waals surface area contributed by atoms with Crippen molar-refractivity contribution in [1.82, 2.24) is 40.4 Å². The maximum atomic E-state index is 13.7. The van der Waals surface area contributed by atoms with E-state index in [1.807, 2.05) is 58.9 Å². The van der Waals surface area contributed by atoms with Crippen LogP contribution in [0.15, 0.2) is 60.9 Å². The maximum absolute atomic E-state index is 13.7. The predicted octanol–water partition coefficient (Wildman–Crippen LogP) is 6.52. The number of carbonyl (C=O) groups excluding carboxylic acids is 3. The number of imidazole rings is 2. The molecule has 2 aromatic carbocycles. The summed E-state index contributed by atoms with van der Waals surface area (Å²) < 4.78 is 4.79. The fourth-order valence-corrected chi connectivity index (χ4v) is 7.44. The number of hydrogen-bond donors (Lipinski definition) is 5. The van der Waals surface area contributed by atoms with E-state index in [0.29, 0.717) is 24.7 Å². The molecular weight excluding hydrogens is 688 g/mol. The second-order valence-electron chi connectivity index (χ2n) is 15.5. The van der Waals surface area contributed by atoms with E-state index in [0.717, 1.165) is 59.3 Å². The molecule has 1 unspecified atom stereocenters. The summed E-state index contributed by atoms with van der Waals surface area (Å²) in [5.41, 5.74) is 5.18. The fourth-order valence-electron chi connectivity index (χ4n) is 7.44. The number of nitrogens with one attached hydrogen (secondary N) is 4. The molecule has 6 rings (SSSR count).